The average Bonchev–Trinajstić information content (AvgIpc) is 2.65. The smallest absolute Gasteiger partial charge is 0.347 e. The molecule has 1 saturated heterocycles. The molecule has 5 N–H and O–H groups in total. The van der Waals surface area contributed by atoms with E-state index in [4.69, 9.17) is 15.6 Å². The van der Waals surface area contributed by atoms with Crippen LogP contribution in [-0.4, -0.2) is 69.8 Å². The van der Waals surface area contributed by atoms with Gasteiger partial charge in [-0.15, -0.1) is 0 Å². The second-order valence-corrected chi connectivity index (χ2v) is 4.10. The highest BCUT2D eigenvalue weighted by atomic mass is 16.5. The van der Waals surface area contributed by atoms with Crippen LogP contribution in [0.4, 0.5) is 4.79 Å². The molecule has 8 heteroatoms. The molecule has 1 fully saturated rings. The third-order valence-electron chi connectivity index (χ3n) is 2.91. The normalized spacial score (nSPS) is 38.4. The molecule has 0 spiro atoms. The van der Waals surface area contributed by atoms with Crippen LogP contribution in [0.3, 0.4) is 0 Å². The minimum atomic E-state index is -1.03. The highest BCUT2D eigenvalue weighted by Gasteiger charge is 2.41. The second-order valence-electron chi connectivity index (χ2n) is 4.10. The van der Waals surface area contributed by atoms with Gasteiger partial charge in [0, 0.05) is 6.42 Å². The summed E-state index contributed by atoms with van der Waals surface area (Å²) in [6.07, 6.45) is -3.09. The van der Waals surface area contributed by atoms with Crippen LogP contribution in [0.1, 0.15) is 6.42 Å². The van der Waals surface area contributed by atoms with Crippen molar-refractivity contribution >= 4 is 11.9 Å². The first kappa shape index (κ1) is 12.2. The third kappa shape index (κ3) is 2.25. The Morgan fingerprint density at radius 2 is 2.24 bits per heavy atom. The molecule has 8 nitrogen and oxygen atoms in total. The van der Waals surface area contributed by atoms with E-state index in [1.165, 1.54) is 4.90 Å². The summed E-state index contributed by atoms with van der Waals surface area (Å²) in [6, 6.07) is -0.608. The van der Waals surface area contributed by atoms with E-state index in [9.17, 15) is 15.0 Å². The lowest BCUT2D eigenvalue weighted by Crippen LogP contribution is -2.51. The Morgan fingerprint density at radius 1 is 1.53 bits per heavy atom. The summed E-state index contributed by atoms with van der Waals surface area (Å²) in [7, 11) is 0. The van der Waals surface area contributed by atoms with Gasteiger partial charge in [-0.1, -0.05) is 0 Å². The van der Waals surface area contributed by atoms with Gasteiger partial charge in [-0.25, -0.2) is 4.79 Å². The van der Waals surface area contributed by atoms with E-state index in [-0.39, 0.29) is 25.4 Å². The quantitative estimate of drug-likeness (QED) is 0.429. The second kappa shape index (κ2) is 4.57. The van der Waals surface area contributed by atoms with Gasteiger partial charge in [-0.3, -0.25) is 4.90 Å². The summed E-state index contributed by atoms with van der Waals surface area (Å²) < 4.78 is 5.30. The van der Waals surface area contributed by atoms with E-state index >= 15 is 0 Å². The number of amides is 2. The van der Waals surface area contributed by atoms with Crippen molar-refractivity contribution in [2.45, 2.75) is 31.0 Å². The maximum atomic E-state index is 11.6. The largest absolute Gasteiger partial charge is 0.394 e. The number of rotatable bonds is 2. The molecule has 0 aliphatic carbocycles. The van der Waals surface area contributed by atoms with E-state index in [0.717, 1.165) is 0 Å². The molecule has 96 valence electrons. The fraction of sp³-hybridized carbons (Fsp3) is 0.778. The Labute approximate surface area is 97.3 Å². The zero-order valence-electron chi connectivity index (χ0n) is 9.06. The Balaban J connectivity index is 2.07. The molecular formula is C9H15N3O5. The van der Waals surface area contributed by atoms with Gasteiger partial charge in [0.05, 0.1) is 19.3 Å². The van der Waals surface area contributed by atoms with Crippen LogP contribution >= 0.6 is 0 Å². The number of nitrogens with two attached hydrogens (primary N) is 1. The lowest BCUT2D eigenvalue weighted by atomic mass is 10.1. The molecule has 17 heavy (non-hydrogen) atoms. The van der Waals surface area contributed by atoms with Gasteiger partial charge in [0.2, 0.25) is 0 Å². The molecule has 2 aliphatic heterocycles. The number of urea groups is 1. The van der Waals surface area contributed by atoms with Crippen molar-refractivity contribution in [3.63, 3.8) is 0 Å². The highest BCUT2D eigenvalue weighted by Crippen LogP contribution is 2.25. The molecular weight excluding hydrogens is 230 g/mol. The van der Waals surface area contributed by atoms with Crippen LogP contribution < -0.4 is 5.73 Å². The molecule has 0 bridgehead atoms. The van der Waals surface area contributed by atoms with Crippen LogP contribution in [-0.2, 0) is 4.74 Å². The van der Waals surface area contributed by atoms with Crippen LogP contribution in [0.2, 0.25) is 0 Å². The molecule has 0 saturated carbocycles. The fourth-order valence-corrected chi connectivity index (χ4v) is 1.92. The molecule has 2 amide bonds. The van der Waals surface area contributed by atoms with Crippen LogP contribution in [0, 0.1) is 0 Å². The van der Waals surface area contributed by atoms with Crippen molar-refractivity contribution in [2.24, 2.45) is 10.7 Å². The van der Waals surface area contributed by atoms with Crippen LogP contribution in [0.25, 0.3) is 0 Å². The third-order valence-corrected chi connectivity index (χ3v) is 2.91. The lowest BCUT2D eigenvalue weighted by molar-refractivity contribution is -0.0686. The Kier molecular flexibility index (Phi) is 3.29. The minimum Gasteiger partial charge on any atom is -0.394 e. The van der Waals surface area contributed by atoms with E-state index in [1.54, 1.807) is 0 Å². The van der Waals surface area contributed by atoms with Crippen molar-refractivity contribution < 1.29 is 24.9 Å². The van der Waals surface area contributed by atoms with E-state index in [1.807, 2.05) is 0 Å². The van der Waals surface area contributed by atoms with Gasteiger partial charge in [0.15, 0.2) is 0 Å². The molecule has 2 aliphatic rings. The Hall–Kier alpha value is -1.22. The number of amidine groups is 1. The highest BCUT2D eigenvalue weighted by molar-refractivity contribution is 5.97. The van der Waals surface area contributed by atoms with Gasteiger partial charge >= 0.3 is 6.03 Å². The number of hydrogen-bond acceptors (Lipinski definition) is 6. The number of β-amino-alcohol motifs (C(OH)–C–C–N with tert-alkyl or cyclic N) is 1. The van der Waals surface area contributed by atoms with Gasteiger partial charge in [-0.05, 0) is 0 Å². The van der Waals surface area contributed by atoms with Crippen LogP contribution in [0.15, 0.2) is 4.99 Å². The number of ether oxygens (including phenoxy) is 1. The first-order chi connectivity index (χ1) is 8.02. The number of aliphatic imine (C=N–C) groups is 1. The standard InChI is InChI=1S/C9H15N3O5/c10-8-5(15)2-12(9(16)11-8)7-1-4(14)6(3-13)17-7/h4-7,13-15H,1-3H2,(H2,10,11,16). The molecule has 2 rings (SSSR count). The molecule has 2 heterocycles. The summed E-state index contributed by atoms with van der Waals surface area (Å²) in [6.45, 7) is -0.350. The summed E-state index contributed by atoms with van der Waals surface area (Å²) in [5, 5.41) is 28.0. The monoisotopic (exact) mass is 245 g/mol. The SMILES string of the molecule is NC1=NC(=O)N(C2CC(O)C(CO)O2)CC1O. The maximum Gasteiger partial charge on any atom is 0.347 e. The molecule has 0 radical (unpaired) electrons. The summed E-state index contributed by atoms with van der Waals surface area (Å²) in [4.78, 5) is 16.2. The predicted octanol–water partition coefficient (Wildman–Crippen LogP) is -2.39. The number of carbonyl (C=O) groups is 1. The number of aliphatic hydroxyl groups is 3. The minimum absolute atomic E-state index is 0.0241. The Morgan fingerprint density at radius 3 is 2.82 bits per heavy atom. The van der Waals surface area contributed by atoms with Gasteiger partial charge in [0.25, 0.3) is 0 Å². The Bertz CT molecular complexity index is 348. The zero-order chi connectivity index (χ0) is 12.6. The van der Waals surface area contributed by atoms with Crippen LogP contribution in [0.5, 0.6) is 0 Å². The summed E-state index contributed by atoms with van der Waals surface area (Å²) >= 11 is 0. The lowest BCUT2D eigenvalue weighted by Gasteiger charge is -2.31. The average molecular weight is 245 g/mol. The van der Waals surface area contributed by atoms with Crippen molar-refractivity contribution in [2.75, 3.05) is 13.2 Å². The number of carbonyl (C=O) groups excluding carboxylic acids is 1. The molecule has 0 aromatic heterocycles. The van der Waals surface area contributed by atoms with Gasteiger partial charge in [0.1, 0.15) is 24.3 Å². The van der Waals surface area contributed by atoms with Gasteiger partial charge < -0.3 is 25.8 Å². The molecule has 0 aromatic carbocycles. The zero-order valence-corrected chi connectivity index (χ0v) is 9.06. The molecule has 4 unspecified atom stereocenters. The van der Waals surface area contributed by atoms with Crippen molar-refractivity contribution in [3.05, 3.63) is 0 Å². The first-order valence-corrected chi connectivity index (χ1v) is 5.30. The predicted molar refractivity (Wildman–Crippen MR) is 56.1 cm³/mol. The summed E-state index contributed by atoms with van der Waals surface area (Å²) in [5.41, 5.74) is 5.33. The van der Waals surface area contributed by atoms with E-state index in [2.05, 4.69) is 4.99 Å². The van der Waals surface area contributed by atoms with Gasteiger partial charge in [-0.2, -0.15) is 4.99 Å². The first-order valence-electron chi connectivity index (χ1n) is 5.30. The fourth-order valence-electron chi connectivity index (χ4n) is 1.92. The van der Waals surface area contributed by atoms with Crippen molar-refractivity contribution in [3.8, 4) is 0 Å². The molecule has 4 atom stereocenters. The molecule has 0 aromatic rings. The van der Waals surface area contributed by atoms with Crippen molar-refractivity contribution in [1.82, 2.24) is 4.90 Å². The summed E-state index contributed by atoms with van der Waals surface area (Å²) in [5.74, 6) is -0.122. The van der Waals surface area contributed by atoms with Crippen molar-refractivity contribution in [1.29, 1.82) is 0 Å². The maximum absolute atomic E-state index is 11.6. The topological polar surface area (TPSA) is 129 Å². The van der Waals surface area contributed by atoms with E-state index < -0.39 is 30.6 Å². The van der Waals surface area contributed by atoms with E-state index in [0.29, 0.717) is 0 Å². The number of nitrogens with zero attached hydrogens (tertiary/aromatic N) is 2. The number of hydrogen-bond donors (Lipinski definition) is 4. The number of aliphatic hydroxyl groups excluding tert-OH is 3.